The summed E-state index contributed by atoms with van der Waals surface area (Å²) >= 11 is 7.13. The summed E-state index contributed by atoms with van der Waals surface area (Å²) in [6.45, 7) is 2.03. The van der Waals surface area contributed by atoms with E-state index in [0.717, 1.165) is 12.1 Å². The van der Waals surface area contributed by atoms with Crippen molar-refractivity contribution in [2.45, 2.75) is 19.8 Å². The van der Waals surface area contributed by atoms with Crippen LogP contribution in [0.4, 0.5) is 0 Å². The van der Waals surface area contributed by atoms with E-state index in [1.807, 2.05) is 6.92 Å². The lowest BCUT2D eigenvalue weighted by atomic mass is 10.1. The number of benzene rings is 2. The second kappa shape index (κ2) is 8.38. The Morgan fingerprint density at radius 3 is 2.47 bits per heavy atom. The third kappa shape index (κ3) is 3.74. The van der Waals surface area contributed by atoms with E-state index < -0.39 is 5.56 Å². The van der Waals surface area contributed by atoms with Crippen molar-refractivity contribution >= 4 is 33.7 Å². The van der Waals surface area contributed by atoms with Crippen LogP contribution >= 0.6 is 22.9 Å². The molecule has 2 heterocycles. The van der Waals surface area contributed by atoms with E-state index in [4.69, 9.17) is 16.3 Å². The summed E-state index contributed by atoms with van der Waals surface area (Å²) in [5.41, 5.74) is 1.72. The van der Waals surface area contributed by atoms with Gasteiger partial charge in [0, 0.05) is 16.1 Å². The van der Waals surface area contributed by atoms with Crippen LogP contribution in [0, 0.1) is 0 Å². The molecule has 0 aliphatic heterocycles. The largest absolute Gasteiger partial charge is 0.497 e. The molecule has 4 aromatic rings. The summed E-state index contributed by atoms with van der Waals surface area (Å²) in [6, 6.07) is 13.8. The molecular weight excluding hydrogens is 422 g/mol. The first-order valence-electron chi connectivity index (χ1n) is 9.39. The Bertz CT molecular complexity index is 1280. The minimum Gasteiger partial charge on any atom is -0.497 e. The number of aryl methyl sites for hydroxylation is 1. The Morgan fingerprint density at radius 1 is 1.13 bits per heavy atom. The van der Waals surface area contributed by atoms with E-state index in [0.29, 0.717) is 38.2 Å². The number of ketones is 1. The zero-order valence-corrected chi connectivity index (χ0v) is 18.0. The molecule has 0 amide bonds. The van der Waals surface area contributed by atoms with Crippen LogP contribution < -0.4 is 10.3 Å². The number of methoxy groups -OCH3 is 1. The summed E-state index contributed by atoms with van der Waals surface area (Å²) in [7, 11) is 1.58. The number of carbonyl (C=O) groups is 1. The van der Waals surface area contributed by atoms with Crippen molar-refractivity contribution < 1.29 is 9.53 Å². The molecule has 30 heavy (non-hydrogen) atoms. The number of thiazole rings is 1. The highest BCUT2D eigenvalue weighted by Crippen LogP contribution is 2.27. The summed E-state index contributed by atoms with van der Waals surface area (Å²) in [5.74, 6) is 0.553. The van der Waals surface area contributed by atoms with Gasteiger partial charge in [0.05, 0.1) is 12.8 Å². The van der Waals surface area contributed by atoms with Crippen LogP contribution in [0.25, 0.3) is 16.2 Å². The summed E-state index contributed by atoms with van der Waals surface area (Å²) in [6.07, 6.45) is 1.45. The van der Waals surface area contributed by atoms with Gasteiger partial charge in [0.25, 0.3) is 0 Å². The lowest BCUT2D eigenvalue weighted by molar-refractivity contribution is 0.104. The van der Waals surface area contributed by atoms with Gasteiger partial charge in [0.15, 0.2) is 5.69 Å². The summed E-state index contributed by atoms with van der Waals surface area (Å²) in [5, 5.41) is 5.13. The molecule has 152 valence electrons. The summed E-state index contributed by atoms with van der Waals surface area (Å²) < 4.78 is 6.80. The second-order valence-electron chi connectivity index (χ2n) is 6.65. The van der Waals surface area contributed by atoms with Gasteiger partial charge in [0.2, 0.25) is 10.7 Å². The number of hydrogen-bond donors (Lipinski definition) is 0. The van der Waals surface area contributed by atoms with Crippen LogP contribution in [-0.2, 0) is 6.42 Å². The standard InChI is InChI=1S/C22H18ClN3O3S/c1-3-4-17-20(19(27)14-5-9-15(23)10-6-14)30-22-24-21(28)18(25-26(17)22)13-7-11-16(29-2)12-8-13/h5-12H,3-4H2,1-2H3. The molecule has 2 aromatic heterocycles. The molecular formula is C22H18ClN3O3S. The highest BCUT2D eigenvalue weighted by atomic mass is 35.5. The molecule has 0 saturated carbocycles. The van der Waals surface area contributed by atoms with Gasteiger partial charge in [-0.05, 0) is 55.0 Å². The van der Waals surface area contributed by atoms with E-state index in [-0.39, 0.29) is 11.5 Å². The van der Waals surface area contributed by atoms with Crippen molar-refractivity contribution in [2.75, 3.05) is 7.11 Å². The molecule has 0 radical (unpaired) electrons. The first-order valence-corrected chi connectivity index (χ1v) is 10.6. The molecule has 0 spiro atoms. The van der Waals surface area contributed by atoms with E-state index in [9.17, 15) is 9.59 Å². The zero-order valence-electron chi connectivity index (χ0n) is 16.4. The van der Waals surface area contributed by atoms with Gasteiger partial charge in [0.1, 0.15) is 10.6 Å². The lowest BCUT2D eigenvalue weighted by Crippen LogP contribution is -2.16. The Labute approximate surface area is 181 Å². The third-order valence-electron chi connectivity index (χ3n) is 4.65. The molecule has 8 heteroatoms. The quantitative estimate of drug-likeness (QED) is 0.408. The number of carbonyl (C=O) groups excluding carboxylic acids is 1. The summed E-state index contributed by atoms with van der Waals surface area (Å²) in [4.78, 5) is 30.9. The van der Waals surface area contributed by atoms with Gasteiger partial charge < -0.3 is 4.74 Å². The molecule has 0 saturated heterocycles. The normalized spacial score (nSPS) is 11.0. The third-order valence-corrected chi connectivity index (χ3v) is 5.98. The van der Waals surface area contributed by atoms with Crippen LogP contribution in [0.5, 0.6) is 5.75 Å². The highest BCUT2D eigenvalue weighted by Gasteiger charge is 2.22. The van der Waals surface area contributed by atoms with Gasteiger partial charge in [-0.3, -0.25) is 9.59 Å². The first-order chi connectivity index (χ1) is 14.5. The van der Waals surface area contributed by atoms with Crippen molar-refractivity contribution in [2.24, 2.45) is 0 Å². The molecule has 0 N–H and O–H groups in total. The van der Waals surface area contributed by atoms with Crippen molar-refractivity contribution in [3.63, 3.8) is 0 Å². The average Bonchev–Trinajstić information content (AvgIpc) is 3.10. The second-order valence-corrected chi connectivity index (χ2v) is 8.07. The van der Waals surface area contributed by atoms with Gasteiger partial charge in [-0.2, -0.15) is 10.1 Å². The number of rotatable bonds is 6. The van der Waals surface area contributed by atoms with Crippen LogP contribution in [0.3, 0.4) is 0 Å². The minimum absolute atomic E-state index is 0.133. The number of nitrogens with zero attached hydrogens (tertiary/aromatic N) is 3. The van der Waals surface area contributed by atoms with Gasteiger partial charge in [-0.1, -0.05) is 36.3 Å². The molecule has 6 nitrogen and oxygen atoms in total. The van der Waals surface area contributed by atoms with E-state index in [2.05, 4.69) is 10.1 Å². The topological polar surface area (TPSA) is 73.6 Å². The van der Waals surface area contributed by atoms with Gasteiger partial charge in [-0.15, -0.1) is 0 Å². The predicted octanol–water partition coefficient (Wildman–Crippen LogP) is 4.66. The van der Waals surface area contributed by atoms with E-state index >= 15 is 0 Å². The van der Waals surface area contributed by atoms with Crippen molar-refractivity contribution in [3.8, 4) is 17.0 Å². The number of halogens is 1. The molecule has 0 atom stereocenters. The van der Waals surface area contributed by atoms with Crippen LogP contribution in [0.2, 0.25) is 5.02 Å². The molecule has 4 rings (SSSR count). The fourth-order valence-electron chi connectivity index (χ4n) is 3.16. The zero-order chi connectivity index (χ0) is 21.3. The maximum Gasteiger partial charge on any atom is 0.300 e. The SMILES string of the molecule is CCCc1c(C(=O)c2ccc(Cl)cc2)sc2nc(=O)c(-c3ccc(OC)cc3)nn12. The first kappa shape index (κ1) is 20.3. The van der Waals surface area contributed by atoms with Gasteiger partial charge in [-0.25, -0.2) is 4.52 Å². The Kier molecular flexibility index (Phi) is 5.65. The number of aromatic nitrogens is 3. The van der Waals surface area contributed by atoms with Crippen molar-refractivity contribution in [1.82, 2.24) is 14.6 Å². The maximum atomic E-state index is 13.1. The smallest absolute Gasteiger partial charge is 0.300 e. The Morgan fingerprint density at radius 2 is 1.83 bits per heavy atom. The van der Waals surface area contributed by atoms with E-state index in [1.54, 1.807) is 60.2 Å². The van der Waals surface area contributed by atoms with Crippen LogP contribution in [0.1, 0.15) is 34.3 Å². The number of hydrogen-bond acceptors (Lipinski definition) is 6. The molecule has 0 unspecified atom stereocenters. The highest BCUT2D eigenvalue weighted by molar-refractivity contribution is 7.19. The van der Waals surface area contributed by atoms with Crippen molar-refractivity contribution in [3.05, 3.63) is 80.0 Å². The molecule has 0 aliphatic rings. The minimum atomic E-state index is -0.435. The van der Waals surface area contributed by atoms with Crippen molar-refractivity contribution in [1.29, 1.82) is 0 Å². The average molecular weight is 440 g/mol. The molecule has 0 aliphatic carbocycles. The Hall–Kier alpha value is -3.03. The van der Waals surface area contributed by atoms with Crippen LogP contribution in [-0.4, -0.2) is 27.5 Å². The Balaban J connectivity index is 1.86. The monoisotopic (exact) mass is 439 g/mol. The van der Waals surface area contributed by atoms with Crippen LogP contribution in [0.15, 0.2) is 53.3 Å². The van der Waals surface area contributed by atoms with E-state index in [1.165, 1.54) is 11.3 Å². The molecule has 0 fully saturated rings. The number of ether oxygens (including phenoxy) is 1. The number of fused-ring (bicyclic) bond motifs is 1. The lowest BCUT2D eigenvalue weighted by Gasteiger charge is -2.05. The fraction of sp³-hybridized carbons (Fsp3) is 0.182. The molecule has 0 bridgehead atoms. The molecule has 2 aromatic carbocycles. The predicted molar refractivity (Wildman–Crippen MR) is 118 cm³/mol. The fourth-order valence-corrected chi connectivity index (χ4v) is 4.35. The maximum absolute atomic E-state index is 13.1. The van der Waals surface area contributed by atoms with Gasteiger partial charge >= 0.3 is 5.56 Å².